The minimum absolute atomic E-state index is 0.266. The molecule has 9 nitrogen and oxygen atoms in total. The zero-order valence-electron chi connectivity index (χ0n) is 19.6. The Balaban J connectivity index is 1.52. The molecule has 0 amide bonds. The van der Waals surface area contributed by atoms with E-state index in [9.17, 15) is 13.2 Å². The van der Waals surface area contributed by atoms with Crippen molar-refractivity contribution in [3.05, 3.63) is 40.1 Å². The number of hydrogen-bond donors (Lipinski definition) is 0. The molecule has 1 aliphatic carbocycles. The summed E-state index contributed by atoms with van der Waals surface area (Å²) in [5.74, 6) is 0.795. The molecule has 2 fully saturated rings. The van der Waals surface area contributed by atoms with Crippen LogP contribution in [0.15, 0.2) is 39.6 Å². The van der Waals surface area contributed by atoms with Gasteiger partial charge in [0.1, 0.15) is 10.7 Å². The second kappa shape index (κ2) is 9.37. The van der Waals surface area contributed by atoms with E-state index in [0.717, 1.165) is 36.3 Å². The van der Waals surface area contributed by atoms with Crippen LogP contribution < -0.4 is 10.3 Å². The predicted octanol–water partition coefficient (Wildman–Crippen LogP) is 2.55. The Kier molecular flexibility index (Phi) is 6.45. The van der Waals surface area contributed by atoms with Crippen molar-refractivity contribution in [1.82, 2.24) is 23.7 Å². The van der Waals surface area contributed by atoms with Gasteiger partial charge in [-0.05, 0) is 25.0 Å². The summed E-state index contributed by atoms with van der Waals surface area (Å²) in [6.45, 7) is 3.76. The molecule has 1 aliphatic heterocycles. The van der Waals surface area contributed by atoms with Crippen molar-refractivity contribution in [1.29, 1.82) is 0 Å². The van der Waals surface area contributed by atoms with E-state index in [2.05, 4.69) is 14.8 Å². The van der Waals surface area contributed by atoms with Crippen LogP contribution in [0.25, 0.3) is 16.2 Å². The van der Waals surface area contributed by atoms with Crippen molar-refractivity contribution < 1.29 is 8.42 Å². The van der Waals surface area contributed by atoms with Crippen LogP contribution in [0.1, 0.15) is 32.1 Å². The third kappa shape index (κ3) is 4.26. The second-order valence-electron chi connectivity index (χ2n) is 9.15. The summed E-state index contributed by atoms with van der Waals surface area (Å²) in [5, 5.41) is 2.64. The fourth-order valence-corrected chi connectivity index (χ4v) is 6.56. The molecule has 1 saturated carbocycles. The van der Waals surface area contributed by atoms with Gasteiger partial charge >= 0.3 is 0 Å². The topological polar surface area (TPSA) is 91.6 Å². The molecule has 0 bridgehead atoms. The molecule has 11 heteroatoms. The van der Waals surface area contributed by atoms with Crippen LogP contribution in [0.4, 0.5) is 5.82 Å². The highest BCUT2D eigenvalue weighted by Gasteiger charge is 2.28. The quantitative estimate of drug-likeness (QED) is 0.529. The SMILES string of the molecule is CN(C)S(=O)(=O)c1cn(-c2nccs2)c2nc(N3CCN(C4CCCCC4)CC3)ccc2c1=O. The largest absolute Gasteiger partial charge is 0.354 e. The van der Waals surface area contributed by atoms with Crippen LogP contribution >= 0.6 is 11.3 Å². The standard InChI is InChI=1S/C23H30N6O3S2/c1-26(2)34(31,32)19-16-29(23-24-10-15-33-23)22-18(21(19)30)8-9-20(25-22)28-13-11-27(12-14-28)17-6-4-3-5-7-17/h8-10,15-17H,3-7,11-14H2,1-2H3. The van der Waals surface area contributed by atoms with Crippen LogP contribution in [-0.2, 0) is 10.0 Å². The third-order valence-corrected chi connectivity index (χ3v) is 9.50. The summed E-state index contributed by atoms with van der Waals surface area (Å²) >= 11 is 1.36. The van der Waals surface area contributed by atoms with Gasteiger partial charge in [0, 0.05) is 64.1 Å². The Morgan fingerprint density at radius 2 is 1.79 bits per heavy atom. The second-order valence-corrected chi connectivity index (χ2v) is 12.1. The molecule has 1 saturated heterocycles. The van der Waals surface area contributed by atoms with Crippen LogP contribution in [0, 0.1) is 0 Å². The molecule has 0 unspecified atom stereocenters. The molecule has 0 atom stereocenters. The van der Waals surface area contributed by atoms with E-state index < -0.39 is 15.5 Å². The average Bonchev–Trinajstić information content (AvgIpc) is 3.39. The summed E-state index contributed by atoms with van der Waals surface area (Å²) in [5.41, 5.74) is -0.123. The van der Waals surface area contributed by atoms with Crippen molar-refractivity contribution in [3.63, 3.8) is 0 Å². The lowest BCUT2D eigenvalue weighted by Gasteiger charge is -2.41. The normalized spacial score (nSPS) is 18.7. The van der Waals surface area contributed by atoms with Gasteiger partial charge in [-0.2, -0.15) is 0 Å². The summed E-state index contributed by atoms with van der Waals surface area (Å²) in [6, 6.07) is 4.23. The first-order valence-electron chi connectivity index (χ1n) is 11.7. The van der Waals surface area contributed by atoms with E-state index in [-0.39, 0.29) is 10.3 Å². The number of pyridine rings is 2. The summed E-state index contributed by atoms with van der Waals surface area (Å²) in [7, 11) is -1.09. The molecule has 0 radical (unpaired) electrons. The number of nitrogens with zero attached hydrogens (tertiary/aromatic N) is 6. The predicted molar refractivity (Wildman–Crippen MR) is 135 cm³/mol. The molecule has 3 aromatic rings. The van der Waals surface area contributed by atoms with Gasteiger partial charge in [-0.1, -0.05) is 19.3 Å². The fraction of sp³-hybridized carbons (Fsp3) is 0.522. The van der Waals surface area contributed by atoms with Crippen molar-refractivity contribution in [2.45, 2.75) is 43.0 Å². The number of sulfonamides is 1. The van der Waals surface area contributed by atoms with Crippen LogP contribution in [0.5, 0.6) is 0 Å². The Bertz CT molecular complexity index is 1320. The van der Waals surface area contributed by atoms with Gasteiger partial charge in [0.15, 0.2) is 10.8 Å². The number of piperazine rings is 1. The number of hydrogen-bond acceptors (Lipinski definition) is 8. The summed E-state index contributed by atoms with van der Waals surface area (Å²) < 4.78 is 28.4. The van der Waals surface area contributed by atoms with Crippen molar-refractivity contribution >= 4 is 38.2 Å². The van der Waals surface area contributed by atoms with Crippen LogP contribution in [0.2, 0.25) is 0 Å². The number of thiazole rings is 1. The molecule has 5 rings (SSSR count). The van der Waals surface area contributed by atoms with Gasteiger partial charge in [-0.25, -0.2) is 22.7 Å². The van der Waals surface area contributed by atoms with Crippen LogP contribution in [-0.4, -0.2) is 78.5 Å². The molecule has 34 heavy (non-hydrogen) atoms. The lowest BCUT2D eigenvalue weighted by Crippen LogP contribution is -2.51. The van der Waals surface area contributed by atoms with Crippen molar-refractivity contribution in [2.75, 3.05) is 45.2 Å². The maximum Gasteiger partial charge on any atom is 0.247 e. The Morgan fingerprint density at radius 1 is 1.06 bits per heavy atom. The number of rotatable bonds is 5. The average molecular weight is 503 g/mol. The third-order valence-electron chi connectivity index (χ3n) is 6.92. The highest BCUT2D eigenvalue weighted by molar-refractivity contribution is 7.89. The Morgan fingerprint density at radius 3 is 2.44 bits per heavy atom. The van der Waals surface area contributed by atoms with E-state index in [0.29, 0.717) is 16.8 Å². The monoisotopic (exact) mass is 502 g/mol. The molecular weight excluding hydrogens is 472 g/mol. The lowest BCUT2D eigenvalue weighted by molar-refractivity contribution is 0.147. The maximum absolute atomic E-state index is 13.2. The summed E-state index contributed by atoms with van der Waals surface area (Å²) in [6.07, 6.45) is 9.62. The first kappa shape index (κ1) is 23.4. The Labute approximate surface area is 203 Å². The highest BCUT2D eigenvalue weighted by atomic mass is 32.2. The molecule has 2 aliphatic rings. The van der Waals surface area contributed by atoms with E-state index in [1.165, 1.54) is 63.7 Å². The fourth-order valence-electron chi connectivity index (χ4n) is 4.97. The molecule has 0 N–H and O–H groups in total. The first-order valence-corrected chi connectivity index (χ1v) is 14.1. The van der Waals surface area contributed by atoms with E-state index in [1.54, 1.807) is 16.8 Å². The van der Waals surface area contributed by atoms with Crippen LogP contribution in [0.3, 0.4) is 0 Å². The van der Waals surface area contributed by atoms with E-state index in [4.69, 9.17) is 4.98 Å². The number of aromatic nitrogens is 3. The summed E-state index contributed by atoms with van der Waals surface area (Å²) in [4.78, 5) is 27.0. The lowest BCUT2D eigenvalue weighted by atomic mass is 9.94. The van der Waals surface area contributed by atoms with Crippen molar-refractivity contribution in [3.8, 4) is 5.13 Å². The van der Waals surface area contributed by atoms with Gasteiger partial charge in [-0.15, -0.1) is 11.3 Å². The number of anilines is 1. The highest BCUT2D eigenvalue weighted by Crippen LogP contribution is 2.26. The minimum Gasteiger partial charge on any atom is -0.354 e. The van der Waals surface area contributed by atoms with Crippen molar-refractivity contribution in [2.24, 2.45) is 0 Å². The maximum atomic E-state index is 13.2. The van der Waals surface area contributed by atoms with Gasteiger partial charge in [0.2, 0.25) is 15.5 Å². The first-order chi connectivity index (χ1) is 16.4. The molecule has 0 aromatic carbocycles. The zero-order chi connectivity index (χ0) is 23.9. The Hall–Kier alpha value is -2.34. The molecular formula is C23H30N6O3S2. The van der Waals surface area contributed by atoms with E-state index >= 15 is 0 Å². The van der Waals surface area contributed by atoms with Gasteiger partial charge in [-0.3, -0.25) is 14.3 Å². The van der Waals surface area contributed by atoms with Gasteiger partial charge < -0.3 is 4.90 Å². The smallest absolute Gasteiger partial charge is 0.247 e. The zero-order valence-corrected chi connectivity index (χ0v) is 21.2. The molecule has 0 spiro atoms. The van der Waals surface area contributed by atoms with Gasteiger partial charge in [0.25, 0.3) is 0 Å². The minimum atomic E-state index is -3.93. The molecule has 182 valence electrons. The van der Waals surface area contributed by atoms with Gasteiger partial charge in [0.05, 0.1) is 5.39 Å². The molecule has 4 heterocycles. The van der Waals surface area contributed by atoms with E-state index in [1.807, 2.05) is 11.4 Å². The number of fused-ring (bicyclic) bond motifs is 1. The molecule has 3 aromatic heterocycles.